The van der Waals surface area contributed by atoms with Crippen LogP contribution in [0, 0.1) is 17.8 Å². The van der Waals surface area contributed by atoms with Gasteiger partial charge in [0.2, 0.25) is 0 Å². The highest BCUT2D eigenvalue weighted by atomic mass is 16.6. The molecule has 17 heavy (non-hydrogen) atoms. The Morgan fingerprint density at radius 2 is 2.35 bits per heavy atom. The molecule has 1 aliphatic rings. The molecule has 96 valence electrons. The predicted octanol–water partition coefficient (Wildman–Crippen LogP) is 1.42. The molecule has 1 fully saturated rings. The molecule has 0 radical (unpaired) electrons. The van der Waals surface area contributed by atoms with Crippen LogP contribution in [0.2, 0.25) is 0 Å². The molecule has 0 amide bonds. The zero-order valence-electron chi connectivity index (χ0n) is 11.1. The van der Waals surface area contributed by atoms with Gasteiger partial charge in [-0.3, -0.25) is 0 Å². The van der Waals surface area contributed by atoms with Crippen LogP contribution >= 0.6 is 0 Å². The minimum Gasteiger partial charge on any atom is -0.393 e. The Morgan fingerprint density at radius 3 is 2.94 bits per heavy atom. The molecule has 0 aromatic rings. The van der Waals surface area contributed by atoms with Crippen LogP contribution < -0.4 is 5.32 Å². The fraction of sp³-hybridized carbons (Fsp3) is 0.769. The molecular weight excluding hydrogens is 216 g/mol. The number of nitrogens with zero attached hydrogens (tertiary/aromatic N) is 1. The topological polar surface area (TPSA) is 42.8 Å². The van der Waals surface area contributed by atoms with Crippen molar-refractivity contribution in [2.45, 2.75) is 39.8 Å². The highest BCUT2D eigenvalue weighted by molar-refractivity contribution is 6.01. The predicted molar refractivity (Wildman–Crippen MR) is 68.9 cm³/mol. The lowest BCUT2D eigenvalue weighted by atomic mass is 10.1. The van der Waals surface area contributed by atoms with E-state index >= 15 is 0 Å². The van der Waals surface area contributed by atoms with Crippen molar-refractivity contribution < 1.29 is 9.57 Å². The van der Waals surface area contributed by atoms with Gasteiger partial charge in [0.05, 0.1) is 18.8 Å². The van der Waals surface area contributed by atoms with Crippen LogP contribution in [0.15, 0.2) is 5.16 Å². The van der Waals surface area contributed by atoms with E-state index in [-0.39, 0.29) is 18.1 Å². The van der Waals surface area contributed by atoms with E-state index in [0.29, 0.717) is 6.61 Å². The van der Waals surface area contributed by atoms with Gasteiger partial charge in [0, 0.05) is 12.5 Å². The minimum atomic E-state index is 0.165. The fourth-order valence-corrected chi connectivity index (χ4v) is 1.55. The average molecular weight is 238 g/mol. The van der Waals surface area contributed by atoms with Crippen molar-refractivity contribution in [3.8, 4) is 11.8 Å². The van der Waals surface area contributed by atoms with Gasteiger partial charge in [0.1, 0.15) is 12.3 Å². The van der Waals surface area contributed by atoms with Crippen LogP contribution in [-0.4, -0.2) is 37.6 Å². The summed E-state index contributed by atoms with van der Waals surface area (Å²) in [6.07, 6.45) is 0.165. The van der Waals surface area contributed by atoms with E-state index in [4.69, 9.17) is 9.57 Å². The summed E-state index contributed by atoms with van der Waals surface area (Å²) in [6, 6.07) is 0.204. The molecule has 4 heteroatoms. The molecule has 0 aromatic heterocycles. The van der Waals surface area contributed by atoms with E-state index < -0.39 is 0 Å². The van der Waals surface area contributed by atoms with Gasteiger partial charge in [-0.05, 0) is 19.8 Å². The second-order valence-corrected chi connectivity index (χ2v) is 4.44. The number of morpholine rings is 1. The normalized spacial score (nSPS) is 25.4. The molecule has 0 spiro atoms. The summed E-state index contributed by atoms with van der Waals surface area (Å²) in [6.45, 7) is 10.1. The van der Waals surface area contributed by atoms with Crippen molar-refractivity contribution in [2.24, 2.45) is 11.1 Å². The molecule has 1 rings (SSSR count). The molecule has 0 aromatic carbocycles. The molecule has 1 aliphatic heterocycles. The lowest BCUT2D eigenvalue weighted by Gasteiger charge is -2.29. The molecule has 0 bridgehead atoms. The Balaban J connectivity index is 2.42. The van der Waals surface area contributed by atoms with E-state index in [1.165, 1.54) is 0 Å². The molecule has 1 heterocycles. The summed E-state index contributed by atoms with van der Waals surface area (Å²) in [4.78, 5) is 5.36. The maximum atomic E-state index is 5.52. The third kappa shape index (κ3) is 4.76. The second-order valence-electron chi connectivity index (χ2n) is 4.44. The minimum absolute atomic E-state index is 0.165. The smallest absolute Gasteiger partial charge is 0.135 e. The highest BCUT2D eigenvalue weighted by Crippen LogP contribution is 2.05. The lowest BCUT2D eigenvalue weighted by Crippen LogP contribution is -2.49. The maximum absolute atomic E-state index is 5.52. The molecule has 1 N–H and O–H groups in total. The number of hydrogen-bond acceptors (Lipinski definition) is 4. The molecule has 0 saturated carbocycles. The summed E-state index contributed by atoms with van der Waals surface area (Å²) >= 11 is 0. The van der Waals surface area contributed by atoms with Gasteiger partial charge in [-0.25, -0.2) is 0 Å². The molecule has 2 atom stereocenters. The van der Waals surface area contributed by atoms with Crippen molar-refractivity contribution in [2.75, 3.05) is 19.8 Å². The van der Waals surface area contributed by atoms with Gasteiger partial charge < -0.3 is 14.9 Å². The van der Waals surface area contributed by atoms with Gasteiger partial charge in [0.15, 0.2) is 0 Å². The Labute approximate surface area is 104 Å². The largest absolute Gasteiger partial charge is 0.393 e. The highest BCUT2D eigenvalue weighted by Gasteiger charge is 2.21. The van der Waals surface area contributed by atoms with E-state index in [0.717, 1.165) is 18.9 Å². The first-order valence-electron chi connectivity index (χ1n) is 6.12. The Kier molecular flexibility index (Phi) is 6.03. The summed E-state index contributed by atoms with van der Waals surface area (Å²) in [5.74, 6) is 6.09. The van der Waals surface area contributed by atoms with E-state index in [9.17, 15) is 0 Å². The Hall–Kier alpha value is -1.05. The van der Waals surface area contributed by atoms with Crippen molar-refractivity contribution in [1.29, 1.82) is 0 Å². The van der Waals surface area contributed by atoms with Crippen LogP contribution in [0.1, 0.15) is 27.7 Å². The number of oxime groups is 1. The fourth-order valence-electron chi connectivity index (χ4n) is 1.55. The number of nitrogens with one attached hydrogen (secondary N) is 1. The SMILES string of the molecule is CC#C/C(=N\OC[C@H]1NCCO[C@@H]1C)C(C)C. The second kappa shape index (κ2) is 7.31. The van der Waals surface area contributed by atoms with E-state index in [1.807, 2.05) is 6.92 Å². The molecular formula is C13H22N2O2. The van der Waals surface area contributed by atoms with Crippen LogP contribution in [0.25, 0.3) is 0 Å². The molecule has 1 saturated heterocycles. The third-order valence-corrected chi connectivity index (χ3v) is 2.67. The average Bonchev–Trinajstić information content (AvgIpc) is 2.30. The Morgan fingerprint density at radius 1 is 1.59 bits per heavy atom. The Bertz CT molecular complexity index is 315. The first-order valence-corrected chi connectivity index (χ1v) is 6.12. The first kappa shape index (κ1) is 14.0. The van der Waals surface area contributed by atoms with E-state index in [1.54, 1.807) is 6.92 Å². The van der Waals surface area contributed by atoms with Crippen molar-refractivity contribution in [3.63, 3.8) is 0 Å². The number of ether oxygens (including phenoxy) is 1. The van der Waals surface area contributed by atoms with Gasteiger partial charge in [0.25, 0.3) is 0 Å². The molecule has 0 unspecified atom stereocenters. The quantitative estimate of drug-likeness (QED) is 0.457. The summed E-state index contributed by atoms with van der Waals surface area (Å²) in [7, 11) is 0. The van der Waals surface area contributed by atoms with Crippen LogP contribution in [-0.2, 0) is 9.57 Å². The van der Waals surface area contributed by atoms with Crippen LogP contribution in [0.5, 0.6) is 0 Å². The standard InChI is InChI=1S/C13H22N2O2/c1-5-6-12(10(2)3)15-17-9-13-11(4)16-8-7-14-13/h10-11,13-14H,7-9H2,1-4H3/b15-12+/t11-,13-/m1/s1. The third-order valence-electron chi connectivity index (χ3n) is 2.67. The summed E-state index contributed by atoms with van der Waals surface area (Å²) in [5, 5.41) is 7.44. The first-order chi connectivity index (χ1) is 8.15. The van der Waals surface area contributed by atoms with Crippen molar-refractivity contribution >= 4 is 5.71 Å². The van der Waals surface area contributed by atoms with E-state index in [2.05, 4.69) is 36.2 Å². The summed E-state index contributed by atoms with van der Waals surface area (Å²) < 4.78 is 5.52. The van der Waals surface area contributed by atoms with Gasteiger partial charge in [-0.15, -0.1) is 0 Å². The lowest BCUT2D eigenvalue weighted by molar-refractivity contribution is -0.0219. The molecule has 4 nitrogen and oxygen atoms in total. The number of rotatable bonds is 4. The van der Waals surface area contributed by atoms with Crippen LogP contribution in [0.4, 0.5) is 0 Å². The summed E-state index contributed by atoms with van der Waals surface area (Å²) in [5.41, 5.74) is 0.789. The van der Waals surface area contributed by atoms with Crippen LogP contribution in [0.3, 0.4) is 0 Å². The van der Waals surface area contributed by atoms with Crippen molar-refractivity contribution in [1.82, 2.24) is 5.32 Å². The van der Waals surface area contributed by atoms with Gasteiger partial charge >= 0.3 is 0 Å². The van der Waals surface area contributed by atoms with Gasteiger partial charge in [-0.2, -0.15) is 0 Å². The number of hydrogen-bond donors (Lipinski definition) is 1. The molecule has 0 aliphatic carbocycles. The monoisotopic (exact) mass is 238 g/mol. The van der Waals surface area contributed by atoms with Gasteiger partial charge in [-0.1, -0.05) is 24.9 Å². The zero-order chi connectivity index (χ0) is 12.7. The maximum Gasteiger partial charge on any atom is 0.135 e. The zero-order valence-corrected chi connectivity index (χ0v) is 11.1. The van der Waals surface area contributed by atoms with Crippen molar-refractivity contribution in [3.05, 3.63) is 0 Å².